The number of rotatable bonds is 5. The van der Waals surface area contributed by atoms with E-state index in [9.17, 15) is 4.79 Å². The van der Waals surface area contributed by atoms with Crippen molar-refractivity contribution in [3.8, 4) is 0 Å². The smallest absolute Gasteiger partial charge is 0.248 e. The molecule has 98 valence electrons. The second kappa shape index (κ2) is 6.55. The minimum atomic E-state index is -0.340. The van der Waals surface area contributed by atoms with Crippen LogP contribution in [0.5, 0.6) is 0 Å². The van der Waals surface area contributed by atoms with Gasteiger partial charge in [0, 0.05) is 5.56 Å². The van der Waals surface area contributed by atoms with Gasteiger partial charge in [-0.05, 0) is 68.8 Å². The first-order chi connectivity index (χ1) is 8.75. The van der Waals surface area contributed by atoms with Crippen molar-refractivity contribution in [2.75, 3.05) is 13.1 Å². The fourth-order valence-corrected chi connectivity index (χ4v) is 2.65. The molecule has 1 heterocycles. The van der Waals surface area contributed by atoms with Gasteiger partial charge in [-0.25, -0.2) is 0 Å². The maximum atomic E-state index is 11.1. The van der Waals surface area contributed by atoms with Crippen LogP contribution in [0.2, 0.25) is 0 Å². The molecule has 1 aromatic carbocycles. The van der Waals surface area contributed by atoms with Gasteiger partial charge in [0.25, 0.3) is 0 Å². The molecular formula is C15H22N2O. The summed E-state index contributed by atoms with van der Waals surface area (Å²) < 4.78 is 0. The minimum Gasteiger partial charge on any atom is -0.366 e. The molecule has 0 aliphatic carbocycles. The summed E-state index contributed by atoms with van der Waals surface area (Å²) in [4.78, 5) is 11.1. The molecule has 0 saturated carbocycles. The number of benzene rings is 1. The summed E-state index contributed by atoms with van der Waals surface area (Å²) in [5.41, 5.74) is 7.12. The van der Waals surface area contributed by atoms with E-state index in [-0.39, 0.29) is 5.91 Å². The largest absolute Gasteiger partial charge is 0.366 e. The van der Waals surface area contributed by atoms with Crippen LogP contribution < -0.4 is 11.1 Å². The van der Waals surface area contributed by atoms with E-state index >= 15 is 0 Å². The van der Waals surface area contributed by atoms with Gasteiger partial charge in [-0.1, -0.05) is 12.1 Å². The van der Waals surface area contributed by atoms with Crippen molar-refractivity contribution in [3.63, 3.8) is 0 Å². The van der Waals surface area contributed by atoms with E-state index in [0.29, 0.717) is 5.56 Å². The number of primary amides is 1. The summed E-state index contributed by atoms with van der Waals surface area (Å²) in [6.07, 6.45) is 6.16. The summed E-state index contributed by atoms with van der Waals surface area (Å²) >= 11 is 0. The highest BCUT2D eigenvalue weighted by Crippen LogP contribution is 2.18. The van der Waals surface area contributed by atoms with E-state index in [0.717, 1.165) is 12.3 Å². The van der Waals surface area contributed by atoms with Crippen molar-refractivity contribution in [2.45, 2.75) is 32.1 Å². The van der Waals surface area contributed by atoms with Crippen LogP contribution in [0, 0.1) is 5.92 Å². The molecule has 2 rings (SSSR count). The van der Waals surface area contributed by atoms with Gasteiger partial charge in [-0.3, -0.25) is 4.79 Å². The van der Waals surface area contributed by atoms with Crippen LogP contribution in [-0.2, 0) is 6.42 Å². The normalized spacial score (nSPS) is 19.7. The Bertz CT molecular complexity index is 397. The second-order valence-electron chi connectivity index (χ2n) is 5.17. The fourth-order valence-electron chi connectivity index (χ4n) is 2.65. The number of amides is 1. The van der Waals surface area contributed by atoms with Gasteiger partial charge in [-0.15, -0.1) is 0 Å². The first kappa shape index (κ1) is 13.1. The Hall–Kier alpha value is -1.35. The molecule has 0 radical (unpaired) electrons. The molecule has 1 atom stereocenters. The molecule has 18 heavy (non-hydrogen) atoms. The Morgan fingerprint density at radius 1 is 1.44 bits per heavy atom. The van der Waals surface area contributed by atoms with Gasteiger partial charge in [-0.2, -0.15) is 0 Å². The molecule has 0 spiro atoms. The van der Waals surface area contributed by atoms with E-state index in [1.54, 1.807) is 6.07 Å². The molecule has 3 nitrogen and oxygen atoms in total. The minimum absolute atomic E-state index is 0.340. The molecule has 0 bridgehead atoms. The van der Waals surface area contributed by atoms with Crippen molar-refractivity contribution < 1.29 is 4.79 Å². The first-order valence-electron chi connectivity index (χ1n) is 6.85. The van der Waals surface area contributed by atoms with E-state index in [4.69, 9.17) is 5.73 Å². The highest BCUT2D eigenvalue weighted by molar-refractivity contribution is 5.92. The summed E-state index contributed by atoms with van der Waals surface area (Å²) in [5.74, 6) is 0.492. The molecule has 3 heteroatoms. The van der Waals surface area contributed by atoms with Crippen LogP contribution in [0.3, 0.4) is 0 Å². The van der Waals surface area contributed by atoms with Gasteiger partial charge in [0.15, 0.2) is 0 Å². The second-order valence-corrected chi connectivity index (χ2v) is 5.17. The Morgan fingerprint density at radius 3 is 3.06 bits per heavy atom. The Labute approximate surface area is 109 Å². The van der Waals surface area contributed by atoms with E-state index in [1.807, 2.05) is 12.1 Å². The molecule has 1 aromatic rings. The van der Waals surface area contributed by atoms with E-state index in [1.165, 1.54) is 44.3 Å². The average Bonchev–Trinajstić information content (AvgIpc) is 2.40. The predicted octanol–water partition coefficient (Wildman–Crippen LogP) is 2.11. The number of carbonyl (C=O) groups excluding carboxylic acids is 1. The average molecular weight is 246 g/mol. The molecule has 3 N–H and O–H groups in total. The van der Waals surface area contributed by atoms with Gasteiger partial charge >= 0.3 is 0 Å². The van der Waals surface area contributed by atoms with Gasteiger partial charge in [0.1, 0.15) is 0 Å². The van der Waals surface area contributed by atoms with Crippen LogP contribution in [0.25, 0.3) is 0 Å². The lowest BCUT2D eigenvalue weighted by atomic mass is 9.93. The predicted molar refractivity (Wildman–Crippen MR) is 73.5 cm³/mol. The third kappa shape index (κ3) is 3.84. The number of hydrogen-bond acceptors (Lipinski definition) is 2. The van der Waals surface area contributed by atoms with Gasteiger partial charge in [0.2, 0.25) is 5.91 Å². The lowest BCUT2D eigenvalue weighted by molar-refractivity contribution is 0.1000. The fraction of sp³-hybridized carbons (Fsp3) is 0.533. The standard InChI is InChI=1S/C15H22N2O/c16-15(18)14-8-2-5-12(10-14)4-1-6-13-7-3-9-17-11-13/h2,5,8,10,13,17H,1,3-4,6-7,9,11H2,(H2,16,18). The molecule has 1 unspecified atom stereocenters. The number of nitrogens with one attached hydrogen (secondary N) is 1. The summed E-state index contributed by atoms with van der Waals surface area (Å²) in [7, 11) is 0. The quantitative estimate of drug-likeness (QED) is 0.836. The first-order valence-corrected chi connectivity index (χ1v) is 6.85. The summed E-state index contributed by atoms with van der Waals surface area (Å²) in [6.45, 7) is 2.35. The lowest BCUT2D eigenvalue weighted by Crippen LogP contribution is -2.29. The van der Waals surface area contributed by atoms with Crippen molar-refractivity contribution in [1.82, 2.24) is 5.32 Å². The molecular weight excluding hydrogens is 224 g/mol. The molecule has 1 fully saturated rings. The van der Waals surface area contributed by atoms with Crippen molar-refractivity contribution in [2.24, 2.45) is 11.7 Å². The Kier molecular flexibility index (Phi) is 4.76. The van der Waals surface area contributed by atoms with E-state index < -0.39 is 0 Å². The van der Waals surface area contributed by atoms with Crippen LogP contribution >= 0.6 is 0 Å². The molecule has 1 saturated heterocycles. The SMILES string of the molecule is NC(=O)c1cccc(CCCC2CCCNC2)c1. The van der Waals surface area contributed by atoms with Gasteiger partial charge in [0.05, 0.1) is 0 Å². The maximum Gasteiger partial charge on any atom is 0.248 e. The third-order valence-electron chi connectivity index (χ3n) is 3.69. The van der Waals surface area contributed by atoms with Crippen LogP contribution in [0.15, 0.2) is 24.3 Å². The highest BCUT2D eigenvalue weighted by Gasteiger charge is 2.12. The zero-order chi connectivity index (χ0) is 12.8. The van der Waals surface area contributed by atoms with Crippen molar-refractivity contribution >= 4 is 5.91 Å². The monoisotopic (exact) mass is 246 g/mol. The summed E-state index contributed by atoms with van der Waals surface area (Å²) in [5, 5.41) is 3.45. The highest BCUT2D eigenvalue weighted by atomic mass is 16.1. The number of aryl methyl sites for hydroxylation is 1. The van der Waals surface area contributed by atoms with Crippen LogP contribution in [0.4, 0.5) is 0 Å². The molecule has 0 aromatic heterocycles. The summed E-state index contributed by atoms with van der Waals surface area (Å²) in [6, 6.07) is 7.68. The number of piperidine rings is 1. The number of nitrogens with two attached hydrogens (primary N) is 1. The third-order valence-corrected chi connectivity index (χ3v) is 3.69. The van der Waals surface area contributed by atoms with Crippen molar-refractivity contribution in [1.29, 1.82) is 0 Å². The molecule has 1 amide bonds. The Balaban J connectivity index is 1.78. The van der Waals surface area contributed by atoms with Crippen LogP contribution in [-0.4, -0.2) is 19.0 Å². The molecule has 1 aliphatic heterocycles. The molecule has 1 aliphatic rings. The zero-order valence-corrected chi connectivity index (χ0v) is 10.8. The van der Waals surface area contributed by atoms with Gasteiger partial charge < -0.3 is 11.1 Å². The number of hydrogen-bond donors (Lipinski definition) is 2. The zero-order valence-electron chi connectivity index (χ0n) is 10.8. The lowest BCUT2D eigenvalue weighted by Gasteiger charge is -2.22. The maximum absolute atomic E-state index is 11.1. The van der Waals surface area contributed by atoms with Crippen molar-refractivity contribution in [3.05, 3.63) is 35.4 Å². The van der Waals surface area contributed by atoms with Crippen LogP contribution in [0.1, 0.15) is 41.6 Å². The topological polar surface area (TPSA) is 55.1 Å². The van der Waals surface area contributed by atoms with E-state index in [2.05, 4.69) is 11.4 Å². The Morgan fingerprint density at radius 2 is 2.33 bits per heavy atom. The number of carbonyl (C=O) groups is 1.